The van der Waals surface area contributed by atoms with E-state index in [1.54, 1.807) is 6.07 Å². The van der Waals surface area contributed by atoms with Gasteiger partial charge in [0.25, 0.3) is 5.56 Å². The zero-order valence-electron chi connectivity index (χ0n) is 13.2. The minimum Gasteiger partial charge on any atom is -0.298 e. The summed E-state index contributed by atoms with van der Waals surface area (Å²) in [5.74, 6) is 0.339. The minimum absolute atomic E-state index is 0.0281. The van der Waals surface area contributed by atoms with Gasteiger partial charge in [0.1, 0.15) is 0 Å². The van der Waals surface area contributed by atoms with Crippen LogP contribution in [0.1, 0.15) is 29.3 Å². The Kier molecular flexibility index (Phi) is 3.50. The maximum atomic E-state index is 12.2. The van der Waals surface area contributed by atoms with E-state index < -0.39 is 0 Å². The van der Waals surface area contributed by atoms with Crippen molar-refractivity contribution < 1.29 is 0 Å². The monoisotopic (exact) mass is 308 g/mol. The fourth-order valence-corrected chi connectivity index (χ4v) is 3.40. The Hall–Kier alpha value is -2.40. The molecule has 1 aliphatic rings. The predicted octanol–water partition coefficient (Wildman–Crippen LogP) is 2.32. The zero-order chi connectivity index (χ0) is 15.8. The van der Waals surface area contributed by atoms with Crippen LogP contribution >= 0.6 is 0 Å². The number of likely N-dealkylation sites (tertiary alicyclic amines) is 1. The number of fused-ring (bicyclic) bond motifs is 1. The molecule has 118 valence electrons. The number of rotatable bonds is 3. The first-order chi connectivity index (χ1) is 11.2. The molecule has 4 rings (SSSR count). The van der Waals surface area contributed by atoms with Gasteiger partial charge in [-0.15, -0.1) is 0 Å². The summed E-state index contributed by atoms with van der Waals surface area (Å²) in [5.41, 5.74) is 3.89. The summed E-state index contributed by atoms with van der Waals surface area (Å²) in [4.78, 5) is 19.3. The molecule has 23 heavy (non-hydrogen) atoms. The maximum Gasteiger partial charge on any atom is 0.272 e. The standard InChI is InChI=1S/C18H20N4O/c1-13-9-17-19-16(10-18(23)22(17)20-13)15-7-8-21(12-15)11-14-5-3-2-4-6-14/h2-6,9-10,15,20H,7-8,11-12H2,1H3/t15-/m1/s1. The fraction of sp³-hybridized carbons (Fsp3) is 0.333. The van der Waals surface area contributed by atoms with E-state index in [0.717, 1.165) is 37.4 Å². The molecule has 0 aliphatic carbocycles. The van der Waals surface area contributed by atoms with Crippen molar-refractivity contribution in [3.8, 4) is 0 Å². The van der Waals surface area contributed by atoms with Crippen LogP contribution in [0.15, 0.2) is 47.3 Å². The van der Waals surface area contributed by atoms with Gasteiger partial charge < -0.3 is 0 Å². The lowest BCUT2D eigenvalue weighted by molar-refractivity contribution is 0.326. The Morgan fingerprint density at radius 3 is 2.91 bits per heavy atom. The topological polar surface area (TPSA) is 53.4 Å². The third kappa shape index (κ3) is 2.80. The molecule has 5 heteroatoms. The second-order valence-corrected chi connectivity index (χ2v) is 6.36. The molecule has 1 atom stereocenters. The fourth-order valence-electron chi connectivity index (χ4n) is 3.40. The Bertz CT molecular complexity index is 881. The van der Waals surface area contributed by atoms with Crippen molar-refractivity contribution in [3.63, 3.8) is 0 Å². The van der Waals surface area contributed by atoms with Gasteiger partial charge in [-0.2, -0.15) is 0 Å². The summed E-state index contributed by atoms with van der Waals surface area (Å²) in [6.07, 6.45) is 1.05. The van der Waals surface area contributed by atoms with Gasteiger partial charge >= 0.3 is 0 Å². The number of aromatic nitrogens is 3. The van der Waals surface area contributed by atoms with Crippen molar-refractivity contribution in [1.29, 1.82) is 0 Å². The number of nitrogens with one attached hydrogen (secondary N) is 1. The van der Waals surface area contributed by atoms with Crippen LogP contribution in [0.25, 0.3) is 5.65 Å². The molecule has 3 aromatic rings. The molecule has 0 bridgehead atoms. The van der Waals surface area contributed by atoms with Gasteiger partial charge in [0.2, 0.25) is 0 Å². The molecule has 1 fully saturated rings. The van der Waals surface area contributed by atoms with Gasteiger partial charge in [-0.3, -0.25) is 14.8 Å². The number of nitrogens with zero attached hydrogens (tertiary/aromatic N) is 3. The SMILES string of the molecule is Cc1cc2nc([C@@H]3CCN(Cc4ccccc4)C3)cc(=O)n2[nH]1. The third-order valence-corrected chi connectivity index (χ3v) is 4.54. The highest BCUT2D eigenvalue weighted by Gasteiger charge is 2.25. The van der Waals surface area contributed by atoms with E-state index in [1.165, 1.54) is 10.1 Å². The van der Waals surface area contributed by atoms with E-state index in [1.807, 2.05) is 19.1 Å². The lowest BCUT2D eigenvalue weighted by atomic mass is 10.0. The molecule has 2 aromatic heterocycles. The number of H-pyrrole nitrogens is 1. The summed E-state index contributed by atoms with van der Waals surface area (Å²) in [5, 5.41) is 3.02. The molecule has 1 aliphatic heterocycles. The Balaban J connectivity index is 1.54. The maximum absolute atomic E-state index is 12.2. The first-order valence-corrected chi connectivity index (χ1v) is 8.04. The molecule has 0 amide bonds. The smallest absolute Gasteiger partial charge is 0.272 e. The third-order valence-electron chi connectivity index (χ3n) is 4.54. The number of aryl methyl sites for hydroxylation is 1. The van der Waals surface area contributed by atoms with Crippen molar-refractivity contribution in [2.24, 2.45) is 0 Å². The number of hydrogen-bond acceptors (Lipinski definition) is 3. The average molecular weight is 308 g/mol. The van der Waals surface area contributed by atoms with Gasteiger partial charge in [0.15, 0.2) is 5.65 Å². The van der Waals surface area contributed by atoms with Crippen molar-refractivity contribution in [1.82, 2.24) is 19.5 Å². The van der Waals surface area contributed by atoms with Crippen LogP contribution in [0.4, 0.5) is 0 Å². The molecule has 5 nitrogen and oxygen atoms in total. The molecular formula is C18H20N4O. The van der Waals surface area contributed by atoms with Gasteiger partial charge in [-0.25, -0.2) is 9.50 Å². The Morgan fingerprint density at radius 2 is 2.09 bits per heavy atom. The minimum atomic E-state index is -0.0281. The van der Waals surface area contributed by atoms with Gasteiger partial charge in [-0.05, 0) is 25.5 Å². The van der Waals surface area contributed by atoms with Crippen LogP contribution < -0.4 is 5.56 Å². The molecule has 3 heterocycles. The number of hydrogen-bond donors (Lipinski definition) is 1. The number of benzene rings is 1. The Morgan fingerprint density at radius 1 is 1.26 bits per heavy atom. The summed E-state index contributed by atoms with van der Waals surface area (Å²) >= 11 is 0. The first-order valence-electron chi connectivity index (χ1n) is 8.04. The summed E-state index contributed by atoms with van der Waals surface area (Å²) in [6, 6.07) is 14.1. The summed E-state index contributed by atoms with van der Waals surface area (Å²) in [7, 11) is 0. The molecule has 1 N–H and O–H groups in total. The highest BCUT2D eigenvalue weighted by atomic mass is 16.1. The van der Waals surface area contributed by atoms with Gasteiger partial charge in [0.05, 0.1) is 5.69 Å². The van der Waals surface area contributed by atoms with Crippen molar-refractivity contribution in [2.45, 2.75) is 25.8 Å². The van der Waals surface area contributed by atoms with E-state index in [-0.39, 0.29) is 5.56 Å². The highest BCUT2D eigenvalue weighted by Crippen LogP contribution is 2.26. The lowest BCUT2D eigenvalue weighted by Crippen LogP contribution is -2.21. The largest absolute Gasteiger partial charge is 0.298 e. The molecule has 0 saturated carbocycles. The number of aromatic amines is 1. The quantitative estimate of drug-likeness (QED) is 0.808. The van der Waals surface area contributed by atoms with Crippen LogP contribution in [0.2, 0.25) is 0 Å². The van der Waals surface area contributed by atoms with Crippen LogP contribution in [-0.4, -0.2) is 32.6 Å². The van der Waals surface area contributed by atoms with Gasteiger partial charge in [-0.1, -0.05) is 30.3 Å². The van der Waals surface area contributed by atoms with E-state index in [9.17, 15) is 4.79 Å². The lowest BCUT2D eigenvalue weighted by Gasteiger charge is -2.15. The molecule has 0 spiro atoms. The molecule has 1 saturated heterocycles. The van der Waals surface area contributed by atoms with Crippen LogP contribution in [-0.2, 0) is 6.54 Å². The molecular weight excluding hydrogens is 288 g/mol. The molecule has 1 aromatic carbocycles. The molecule has 0 unspecified atom stereocenters. The van der Waals surface area contributed by atoms with Crippen molar-refractivity contribution >= 4 is 5.65 Å². The van der Waals surface area contributed by atoms with Crippen molar-refractivity contribution in [3.05, 3.63) is 69.8 Å². The van der Waals surface area contributed by atoms with Crippen LogP contribution in [0.5, 0.6) is 0 Å². The first kappa shape index (κ1) is 14.2. The van der Waals surface area contributed by atoms with Gasteiger partial charge in [0, 0.05) is 36.8 Å². The van der Waals surface area contributed by atoms with Crippen LogP contribution in [0, 0.1) is 6.92 Å². The van der Waals surface area contributed by atoms with E-state index >= 15 is 0 Å². The van der Waals surface area contributed by atoms with E-state index in [4.69, 9.17) is 0 Å². The normalized spacial score (nSPS) is 18.7. The second kappa shape index (κ2) is 5.66. The van der Waals surface area contributed by atoms with E-state index in [2.05, 4.69) is 39.2 Å². The Labute approximate surface area is 134 Å². The summed E-state index contributed by atoms with van der Waals surface area (Å²) in [6.45, 7) is 4.90. The zero-order valence-corrected chi connectivity index (χ0v) is 13.2. The van der Waals surface area contributed by atoms with E-state index in [0.29, 0.717) is 11.6 Å². The van der Waals surface area contributed by atoms with Crippen LogP contribution in [0.3, 0.4) is 0 Å². The highest BCUT2D eigenvalue weighted by molar-refractivity contribution is 5.40. The molecule has 0 radical (unpaired) electrons. The predicted molar refractivity (Wildman–Crippen MR) is 89.6 cm³/mol. The summed E-state index contributed by atoms with van der Waals surface area (Å²) < 4.78 is 1.51. The van der Waals surface area contributed by atoms with Crippen molar-refractivity contribution in [2.75, 3.05) is 13.1 Å². The average Bonchev–Trinajstić information content (AvgIpc) is 3.14. The second-order valence-electron chi connectivity index (χ2n) is 6.36.